The molecule has 0 bridgehead atoms. The van der Waals surface area contributed by atoms with Gasteiger partial charge in [0.05, 0.1) is 28.4 Å². The molecule has 0 unspecified atom stereocenters. The molecule has 0 aliphatic rings. The van der Waals surface area contributed by atoms with Crippen molar-refractivity contribution in [2.45, 2.75) is 13.5 Å². The van der Waals surface area contributed by atoms with Crippen molar-refractivity contribution < 1.29 is 9.53 Å². The molecule has 0 saturated heterocycles. The number of thiazole rings is 1. The molecule has 28 heavy (non-hydrogen) atoms. The van der Waals surface area contributed by atoms with Crippen LogP contribution in [0.1, 0.15) is 17.3 Å². The van der Waals surface area contributed by atoms with E-state index in [9.17, 15) is 14.4 Å². The summed E-state index contributed by atoms with van der Waals surface area (Å²) in [6, 6.07) is 10.3. The van der Waals surface area contributed by atoms with Crippen LogP contribution >= 0.6 is 11.3 Å². The average molecular weight is 396 g/mol. The number of hydrogen-bond acceptors (Lipinski definition) is 6. The molecule has 2 N–H and O–H groups in total. The number of nitrogens with zero attached hydrogens (tertiary/aromatic N) is 2. The first-order valence-corrected chi connectivity index (χ1v) is 9.34. The maximum absolute atomic E-state index is 12.6. The molecule has 0 fully saturated rings. The van der Waals surface area contributed by atoms with Gasteiger partial charge in [0.1, 0.15) is 5.75 Å². The molecule has 2 aromatic carbocycles. The number of amides is 1. The van der Waals surface area contributed by atoms with Crippen molar-refractivity contribution in [2.24, 2.45) is 0 Å². The van der Waals surface area contributed by atoms with Crippen molar-refractivity contribution in [1.82, 2.24) is 14.5 Å². The lowest BCUT2D eigenvalue weighted by atomic mass is 10.1. The highest BCUT2D eigenvalue weighted by atomic mass is 32.1. The van der Waals surface area contributed by atoms with Gasteiger partial charge in [-0.15, -0.1) is 0 Å². The van der Waals surface area contributed by atoms with E-state index in [0.717, 1.165) is 16.0 Å². The van der Waals surface area contributed by atoms with E-state index in [2.05, 4.69) is 15.3 Å². The van der Waals surface area contributed by atoms with Crippen LogP contribution in [0.5, 0.6) is 5.75 Å². The number of carbonyl (C=O) groups is 1. The maximum atomic E-state index is 12.6. The van der Waals surface area contributed by atoms with Crippen LogP contribution < -0.4 is 21.2 Å². The zero-order valence-corrected chi connectivity index (χ0v) is 15.9. The molecule has 0 spiro atoms. The van der Waals surface area contributed by atoms with Gasteiger partial charge in [0, 0.05) is 12.1 Å². The fourth-order valence-electron chi connectivity index (χ4n) is 2.99. The quantitative estimate of drug-likeness (QED) is 0.516. The van der Waals surface area contributed by atoms with Gasteiger partial charge in [0.25, 0.3) is 5.91 Å². The summed E-state index contributed by atoms with van der Waals surface area (Å²) in [5.74, 6) is 0.359. The van der Waals surface area contributed by atoms with Crippen LogP contribution in [-0.2, 0) is 6.54 Å². The number of fused-ring (bicyclic) bond motifs is 2. The highest BCUT2D eigenvalue weighted by molar-refractivity contribution is 7.22. The summed E-state index contributed by atoms with van der Waals surface area (Å²) in [4.78, 5) is 43.3. The second-order valence-corrected chi connectivity index (χ2v) is 7.07. The largest absolute Gasteiger partial charge is 0.497 e. The standard InChI is InChI=1S/C19H16N4O4S/c1-3-23-14-7-4-10(8-13(14)20-17(25)18(23)26)16(24)22-19-21-12-6-5-11(27-2)9-15(12)28-19/h4-9H,3H2,1-2H3,(H,20,25)(H,21,22,24). The zero-order chi connectivity index (χ0) is 19.8. The molecule has 9 heteroatoms. The highest BCUT2D eigenvalue weighted by Crippen LogP contribution is 2.29. The lowest BCUT2D eigenvalue weighted by molar-refractivity contribution is 0.102. The number of rotatable bonds is 4. The van der Waals surface area contributed by atoms with E-state index in [4.69, 9.17) is 4.74 Å². The number of carbonyl (C=O) groups excluding carboxylic acids is 1. The van der Waals surface area contributed by atoms with Crippen molar-refractivity contribution in [3.8, 4) is 5.75 Å². The normalized spacial score (nSPS) is 11.1. The van der Waals surface area contributed by atoms with Gasteiger partial charge in [-0.25, -0.2) is 4.98 Å². The van der Waals surface area contributed by atoms with Crippen molar-refractivity contribution in [2.75, 3.05) is 12.4 Å². The third kappa shape index (κ3) is 3.05. The van der Waals surface area contributed by atoms with Crippen molar-refractivity contribution in [3.63, 3.8) is 0 Å². The molecule has 0 aliphatic carbocycles. The topological polar surface area (TPSA) is 106 Å². The van der Waals surface area contributed by atoms with Gasteiger partial charge >= 0.3 is 11.1 Å². The van der Waals surface area contributed by atoms with Crippen LogP contribution in [0.4, 0.5) is 5.13 Å². The Morgan fingerprint density at radius 3 is 2.82 bits per heavy atom. The molecule has 4 aromatic rings. The lowest BCUT2D eigenvalue weighted by Gasteiger charge is -2.08. The van der Waals surface area contributed by atoms with Crippen molar-refractivity contribution in [1.29, 1.82) is 0 Å². The van der Waals surface area contributed by atoms with Crippen LogP contribution in [0.15, 0.2) is 46.0 Å². The Balaban J connectivity index is 1.68. The Bertz CT molecular complexity index is 1340. The third-order valence-corrected chi connectivity index (χ3v) is 5.30. The monoisotopic (exact) mass is 396 g/mol. The number of ether oxygens (including phenoxy) is 1. The van der Waals surface area contributed by atoms with E-state index in [1.807, 2.05) is 12.1 Å². The fraction of sp³-hybridized carbons (Fsp3) is 0.158. The second-order valence-electron chi connectivity index (χ2n) is 6.04. The Labute approximate surface area is 162 Å². The van der Waals surface area contributed by atoms with E-state index < -0.39 is 11.1 Å². The molecular weight excluding hydrogens is 380 g/mol. The van der Waals surface area contributed by atoms with Crippen LogP contribution in [0.25, 0.3) is 21.3 Å². The van der Waals surface area contributed by atoms with Gasteiger partial charge < -0.3 is 14.3 Å². The van der Waals surface area contributed by atoms with Crippen LogP contribution in [0, 0.1) is 0 Å². The zero-order valence-electron chi connectivity index (χ0n) is 15.1. The van der Waals surface area contributed by atoms with Gasteiger partial charge in [-0.3, -0.25) is 19.7 Å². The Kier molecular flexibility index (Phi) is 4.44. The first kappa shape index (κ1) is 17.9. The number of aromatic nitrogens is 3. The fourth-order valence-corrected chi connectivity index (χ4v) is 3.88. The third-order valence-electron chi connectivity index (χ3n) is 4.37. The van der Waals surface area contributed by atoms with Gasteiger partial charge in [0.2, 0.25) is 0 Å². The number of anilines is 1. The first-order valence-electron chi connectivity index (χ1n) is 8.53. The number of methoxy groups -OCH3 is 1. The molecule has 8 nitrogen and oxygen atoms in total. The molecule has 0 aliphatic heterocycles. The summed E-state index contributed by atoms with van der Waals surface area (Å²) in [6.45, 7) is 2.14. The van der Waals surface area contributed by atoms with Crippen LogP contribution in [0.3, 0.4) is 0 Å². The summed E-state index contributed by atoms with van der Waals surface area (Å²) in [5, 5.41) is 3.23. The van der Waals surface area contributed by atoms with E-state index in [1.165, 1.54) is 15.9 Å². The first-order chi connectivity index (χ1) is 13.5. The number of nitrogens with one attached hydrogen (secondary N) is 2. The minimum Gasteiger partial charge on any atom is -0.497 e. The number of hydrogen-bond donors (Lipinski definition) is 2. The smallest absolute Gasteiger partial charge is 0.316 e. The summed E-state index contributed by atoms with van der Waals surface area (Å²) >= 11 is 1.34. The minimum atomic E-state index is -0.716. The van der Waals surface area contributed by atoms with Gasteiger partial charge in [-0.2, -0.15) is 0 Å². The molecule has 2 aromatic heterocycles. The number of aromatic amines is 1. The molecule has 2 heterocycles. The summed E-state index contributed by atoms with van der Waals surface area (Å²) in [7, 11) is 1.59. The maximum Gasteiger partial charge on any atom is 0.316 e. The summed E-state index contributed by atoms with van der Waals surface area (Å²) < 4.78 is 7.46. The highest BCUT2D eigenvalue weighted by Gasteiger charge is 2.13. The molecular formula is C19H16N4O4S. The molecule has 0 saturated carbocycles. The predicted octanol–water partition coefficient (Wildman–Crippen LogP) is 2.58. The Morgan fingerprint density at radius 2 is 2.07 bits per heavy atom. The molecule has 0 atom stereocenters. The number of aryl methyl sites for hydroxylation is 1. The van der Waals surface area contributed by atoms with Crippen LogP contribution in [0.2, 0.25) is 0 Å². The molecule has 142 valence electrons. The van der Waals surface area contributed by atoms with E-state index >= 15 is 0 Å². The van der Waals surface area contributed by atoms with Crippen molar-refractivity contribution >= 4 is 43.6 Å². The van der Waals surface area contributed by atoms with Gasteiger partial charge in [0.15, 0.2) is 5.13 Å². The molecule has 1 amide bonds. The molecule has 4 rings (SSSR count). The van der Waals surface area contributed by atoms with E-state index in [0.29, 0.717) is 28.3 Å². The average Bonchev–Trinajstić information content (AvgIpc) is 3.09. The summed E-state index contributed by atoms with van der Waals surface area (Å²) in [6.07, 6.45) is 0. The SMILES string of the molecule is CCn1c(=O)c(=O)[nH]c2cc(C(=O)Nc3nc4ccc(OC)cc4s3)ccc21. The van der Waals surface area contributed by atoms with E-state index in [-0.39, 0.29) is 5.91 Å². The van der Waals surface area contributed by atoms with E-state index in [1.54, 1.807) is 38.3 Å². The Morgan fingerprint density at radius 1 is 1.25 bits per heavy atom. The van der Waals surface area contributed by atoms with Gasteiger partial charge in [-0.05, 0) is 43.3 Å². The predicted molar refractivity (Wildman–Crippen MR) is 109 cm³/mol. The summed E-state index contributed by atoms with van der Waals surface area (Å²) in [5.41, 5.74) is 0.769. The number of H-pyrrole nitrogens is 1. The van der Waals surface area contributed by atoms with Gasteiger partial charge in [-0.1, -0.05) is 11.3 Å². The van der Waals surface area contributed by atoms with Crippen LogP contribution in [-0.4, -0.2) is 27.6 Å². The lowest BCUT2D eigenvalue weighted by Crippen LogP contribution is -2.36. The number of benzene rings is 2. The molecule has 0 radical (unpaired) electrons. The van der Waals surface area contributed by atoms with Crippen molar-refractivity contribution in [3.05, 3.63) is 62.7 Å². The second kappa shape index (κ2) is 6.93. The minimum absolute atomic E-state index is 0.348. The Hall–Kier alpha value is -3.46.